The van der Waals surface area contributed by atoms with Gasteiger partial charge in [-0.05, 0) is 12.1 Å². The van der Waals surface area contributed by atoms with Gasteiger partial charge < -0.3 is 11.1 Å². The molecule has 8 nitrogen and oxygen atoms in total. The van der Waals surface area contributed by atoms with Crippen molar-refractivity contribution in [2.75, 3.05) is 29.2 Å². The van der Waals surface area contributed by atoms with Gasteiger partial charge in [0.1, 0.15) is 0 Å². The molecular formula is C11H17N3O5S2. The number of nitrogens with one attached hydrogen (secondary N) is 2. The van der Waals surface area contributed by atoms with E-state index in [9.17, 15) is 21.6 Å². The Bertz CT molecular complexity index is 713. The highest BCUT2D eigenvalue weighted by Crippen LogP contribution is 2.17. The van der Waals surface area contributed by atoms with Gasteiger partial charge >= 0.3 is 0 Å². The molecule has 0 heterocycles. The van der Waals surface area contributed by atoms with Crippen LogP contribution in [0.15, 0.2) is 24.3 Å². The van der Waals surface area contributed by atoms with E-state index in [2.05, 4.69) is 10.0 Å². The molecule has 1 rings (SSSR count). The van der Waals surface area contributed by atoms with Gasteiger partial charge in [-0.1, -0.05) is 12.1 Å². The quantitative estimate of drug-likeness (QED) is 0.592. The van der Waals surface area contributed by atoms with E-state index >= 15 is 0 Å². The number of benzene rings is 1. The van der Waals surface area contributed by atoms with Gasteiger partial charge in [0, 0.05) is 19.3 Å². The normalized spacial score (nSPS) is 11.9. The SMILES string of the molecule is CS(=O)(=O)CS(=O)(=O)Nc1ccccc1C(=O)NCCN. The summed E-state index contributed by atoms with van der Waals surface area (Å²) in [6, 6.07) is 5.88. The van der Waals surface area contributed by atoms with E-state index in [1.54, 1.807) is 6.07 Å². The molecule has 0 saturated carbocycles. The van der Waals surface area contributed by atoms with Crippen molar-refractivity contribution in [3.8, 4) is 0 Å². The maximum absolute atomic E-state index is 11.9. The van der Waals surface area contributed by atoms with E-state index in [4.69, 9.17) is 5.73 Å². The van der Waals surface area contributed by atoms with Crippen LogP contribution in [0.25, 0.3) is 0 Å². The molecule has 0 saturated heterocycles. The number of carbonyl (C=O) groups excluding carboxylic acids is 1. The average Bonchev–Trinajstić information content (AvgIpc) is 2.33. The fourth-order valence-electron chi connectivity index (χ4n) is 1.53. The van der Waals surface area contributed by atoms with Crippen LogP contribution in [-0.2, 0) is 19.9 Å². The highest BCUT2D eigenvalue weighted by Gasteiger charge is 2.20. The van der Waals surface area contributed by atoms with Crippen molar-refractivity contribution in [1.29, 1.82) is 0 Å². The Labute approximate surface area is 123 Å². The summed E-state index contributed by atoms with van der Waals surface area (Å²) in [6.45, 7) is 0.483. The molecule has 10 heteroatoms. The summed E-state index contributed by atoms with van der Waals surface area (Å²) in [5.74, 6) is -0.502. The predicted octanol–water partition coefficient (Wildman–Crippen LogP) is -0.881. The molecule has 4 N–H and O–H groups in total. The smallest absolute Gasteiger partial charge is 0.253 e. The molecule has 0 fully saturated rings. The lowest BCUT2D eigenvalue weighted by Crippen LogP contribution is -2.30. The Hall–Kier alpha value is -1.65. The zero-order valence-electron chi connectivity index (χ0n) is 11.4. The molecule has 0 spiro atoms. The van der Waals surface area contributed by atoms with E-state index in [-0.39, 0.29) is 24.3 Å². The average molecular weight is 335 g/mol. The van der Waals surface area contributed by atoms with E-state index in [0.29, 0.717) is 0 Å². The molecule has 0 atom stereocenters. The Kier molecular flexibility index (Phi) is 5.70. The standard InChI is InChI=1S/C11H17N3O5S2/c1-20(16,17)8-21(18,19)14-10-5-3-2-4-9(10)11(15)13-7-6-12/h2-5,14H,6-8,12H2,1H3,(H,13,15). The van der Waals surface area contributed by atoms with Crippen molar-refractivity contribution in [3.05, 3.63) is 29.8 Å². The second kappa shape index (κ2) is 6.87. The molecule has 0 aliphatic carbocycles. The Balaban J connectivity index is 3.02. The Morgan fingerprint density at radius 3 is 2.38 bits per heavy atom. The molecule has 0 aliphatic heterocycles. The summed E-state index contributed by atoms with van der Waals surface area (Å²) in [5, 5.41) is 1.45. The number of carbonyl (C=O) groups is 1. The van der Waals surface area contributed by atoms with E-state index in [1.807, 2.05) is 0 Å². The second-order valence-corrected chi connectivity index (χ2v) is 8.58. The van der Waals surface area contributed by atoms with Crippen LogP contribution in [0, 0.1) is 0 Å². The van der Waals surface area contributed by atoms with Crippen molar-refractivity contribution in [2.45, 2.75) is 0 Å². The number of hydrogen-bond donors (Lipinski definition) is 3. The summed E-state index contributed by atoms with van der Waals surface area (Å²) in [5.41, 5.74) is 5.37. The fourth-order valence-corrected chi connectivity index (χ4v) is 4.53. The van der Waals surface area contributed by atoms with Crippen molar-refractivity contribution in [2.24, 2.45) is 5.73 Å². The van der Waals surface area contributed by atoms with Crippen LogP contribution in [-0.4, -0.2) is 47.2 Å². The highest BCUT2D eigenvalue weighted by atomic mass is 32.3. The maximum Gasteiger partial charge on any atom is 0.253 e. The number of amides is 1. The Morgan fingerprint density at radius 2 is 1.81 bits per heavy atom. The molecule has 21 heavy (non-hydrogen) atoms. The Morgan fingerprint density at radius 1 is 1.19 bits per heavy atom. The lowest BCUT2D eigenvalue weighted by atomic mass is 10.1. The third kappa shape index (κ3) is 6.10. The van der Waals surface area contributed by atoms with Gasteiger partial charge in [0.05, 0.1) is 11.3 Å². The molecule has 1 amide bonds. The summed E-state index contributed by atoms with van der Waals surface area (Å²) in [6.07, 6.45) is 0.812. The van der Waals surface area contributed by atoms with Crippen LogP contribution in [0.3, 0.4) is 0 Å². The summed E-state index contributed by atoms with van der Waals surface area (Å²) >= 11 is 0. The number of rotatable bonds is 7. The van der Waals surface area contributed by atoms with Gasteiger partial charge in [0.25, 0.3) is 5.91 Å². The first-order chi connectivity index (χ1) is 9.64. The molecule has 1 aromatic rings. The number of anilines is 1. The lowest BCUT2D eigenvalue weighted by Gasteiger charge is -2.12. The third-order valence-electron chi connectivity index (χ3n) is 2.24. The van der Waals surface area contributed by atoms with Gasteiger partial charge in [-0.15, -0.1) is 0 Å². The minimum Gasteiger partial charge on any atom is -0.351 e. The molecule has 1 aromatic carbocycles. The van der Waals surface area contributed by atoms with Gasteiger partial charge in [0.2, 0.25) is 10.0 Å². The first-order valence-corrected chi connectivity index (χ1v) is 9.61. The summed E-state index contributed by atoms with van der Waals surface area (Å²) in [7, 11) is -7.83. The third-order valence-corrected chi connectivity index (χ3v) is 5.72. The van der Waals surface area contributed by atoms with Crippen LogP contribution >= 0.6 is 0 Å². The van der Waals surface area contributed by atoms with Crippen LogP contribution in [0.5, 0.6) is 0 Å². The van der Waals surface area contributed by atoms with Crippen LogP contribution < -0.4 is 15.8 Å². The van der Waals surface area contributed by atoms with E-state index in [0.717, 1.165) is 6.26 Å². The monoisotopic (exact) mass is 335 g/mol. The highest BCUT2D eigenvalue weighted by molar-refractivity contribution is 8.08. The van der Waals surface area contributed by atoms with Crippen molar-refractivity contribution in [1.82, 2.24) is 5.32 Å². The van der Waals surface area contributed by atoms with Gasteiger partial charge in [-0.3, -0.25) is 9.52 Å². The topological polar surface area (TPSA) is 135 Å². The van der Waals surface area contributed by atoms with Gasteiger partial charge in [-0.2, -0.15) is 0 Å². The van der Waals surface area contributed by atoms with Crippen molar-refractivity contribution in [3.63, 3.8) is 0 Å². The van der Waals surface area contributed by atoms with Gasteiger partial charge in [-0.25, -0.2) is 16.8 Å². The molecular weight excluding hydrogens is 318 g/mol. The molecule has 0 aliphatic rings. The molecule has 118 valence electrons. The maximum atomic E-state index is 11.9. The molecule has 0 unspecified atom stereocenters. The molecule has 0 bridgehead atoms. The molecule has 0 radical (unpaired) electrons. The second-order valence-electron chi connectivity index (χ2n) is 4.35. The lowest BCUT2D eigenvalue weighted by molar-refractivity contribution is 0.0955. The molecule has 0 aromatic heterocycles. The zero-order chi connectivity index (χ0) is 16.1. The van der Waals surface area contributed by atoms with E-state index < -0.39 is 30.9 Å². The zero-order valence-corrected chi connectivity index (χ0v) is 13.0. The summed E-state index contributed by atoms with van der Waals surface area (Å²) < 4.78 is 47.8. The summed E-state index contributed by atoms with van der Waals surface area (Å²) in [4.78, 5) is 11.9. The minimum atomic E-state index is -4.11. The van der Waals surface area contributed by atoms with E-state index in [1.165, 1.54) is 18.2 Å². The minimum absolute atomic E-state index is 0.00988. The largest absolute Gasteiger partial charge is 0.351 e. The van der Waals surface area contributed by atoms with Gasteiger partial charge in [0.15, 0.2) is 14.9 Å². The van der Waals surface area contributed by atoms with Crippen LogP contribution in [0.2, 0.25) is 0 Å². The van der Waals surface area contributed by atoms with Crippen molar-refractivity contribution >= 4 is 31.5 Å². The van der Waals surface area contributed by atoms with Crippen molar-refractivity contribution < 1.29 is 21.6 Å². The van der Waals surface area contributed by atoms with Crippen LogP contribution in [0.4, 0.5) is 5.69 Å². The number of nitrogens with two attached hydrogens (primary N) is 1. The predicted molar refractivity (Wildman–Crippen MR) is 80.1 cm³/mol. The van der Waals surface area contributed by atoms with Crippen LogP contribution in [0.1, 0.15) is 10.4 Å². The number of sulfonamides is 1. The first kappa shape index (κ1) is 17.4. The number of sulfone groups is 1. The number of para-hydroxylation sites is 1. The fraction of sp³-hybridized carbons (Fsp3) is 0.364. The first-order valence-electron chi connectivity index (χ1n) is 5.90. The number of hydrogen-bond acceptors (Lipinski definition) is 6.